The largest absolute Gasteiger partial charge is 0.466 e. The summed E-state index contributed by atoms with van der Waals surface area (Å²) in [6, 6.07) is 0. The van der Waals surface area contributed by atoms with Crippen molar-refractivity contribution in [1.82, 2.24) is 0 Å². The second-order valence-electron chi connectivity index (χ2n) is 4.12. The van der Waals surface area contributed by atoms with Gasteiger partial charge in [-0.2, -0.15) is 0 Å². The zero-order valence-electron chi connectivity index (χ0n) is 10.3. The molecule has 0 atom stereocenters. The molecule has 0 radical (unpaired) electrons. The third kappa shape index (κ3) is 11.4. The molecule has 0 heterocycles. The second-order valence-corrected chi connectivity index (χ2v) is 4.12. The minimum absolute atomic E-state index is 0.101. The molecular weight excluding hydrogens is 192 g/mol. The molecule has 0 aliphatic rings. The van der Waals surface area contributed by atoms with Gasteiger partial charge in [-0.1, -0.05) is 20.8 Å². The summed E-state index contributed by atoms with van der Waals surface area (Å²) in [6.45, 7) is 8.29. The average molecular weight is 216 g/mol. The first-order valence-electron chi connectivity index (χ1n) is 5.90. The van der Waals surface area contributed by atoms with E-state index in [2.05, 4.69) is 20.8 Å². The lowest BCUT2D eigenvalue weighted by atomic mass is 10.1. The van der Waals surface area contributed by atoms with Crippen molar-refractivity contribution in [3.8, 4) is 0 Å². The van der Waals surface area contributed by atoms with E-state index in [0.717, 1.165) is 25.9 Å². The average Bonchev–Trinajstić information content (AvgIpc) is 2.17. The van der Waals surface area contributed by atoms with E-state index < -0.39 is 0 Å². The van der Waals surface area contributed by atoms with E-state index in [0.29, 0.717) is 25.6 Å². The number of carbonyl (C=O) groups excluding carboxylic acids is 1. The van der Waals surface area contributed by atoms with Crippen molar-refractivity contribution >= 4 is 5.97 Å². The Morgan fingerprint density at radius 2 is 1.93 bits per heavy atom. The minimum atomic E-state index is -0.101. The molecule has 0 aliphatic carbocycles. The molecule has 0 rings (SSSR count). The highest BCUT2D eigenvalue weighted by Gasteiger charge is 2.03. The smallest absolute Gasteiger partial charge is 0.305 e. The van der Waals surface area contributed by atoms with E-state index in [1.54, 1.807) is 0 Å². The van der Waals surface area contributed by atoms with Crippen molar-refractivity contribution < 1.29 is 14.3 Å². The minimum Gasteiger partial charge on any atom is -0.466 e. The molecule has 0 aliphatic heterocycles. The number of esters is 1. The van der Waals surface area contributed by atoms with E-state index >= 15 is 0 Å². The highest BCUT2D eigenvalue weighted by molar-refractivity contribution is 5.69. The first-order valence-corrected chi connectivity index (χ1v) is 5.90. The zero-order valence-corrected chi connectivity index (χ0v) is 10.3. The molecule has 0 amide bonds. The Hall–Kier alpha value is -0.570. The van der Waals surface area contributed by atoms with Gasteiger partial charge in [0, 0.05) is 19.6 Å². The second kappa shape index (κ2) is 9.97. The number of hydrogen-bond acceptors (Lipinski definition) is 3. The molecule has 3 nitrogen and oxygen atoms in total. The van der Waals surface area contributed by atoms with Crippen molar-refractivity contribution in [1.29, 1.82) is 0 Å². The van der Waals surface area contributed by atoms with E-state index in [1.807, 2.05) is 0 Å². The maximum Gasteiger partial charge on any atom is 0.305 e. The Kier molecular flexibility index (Phi) is 9.59. The van der Waals surface area contributed by atoms with Crippen LogP contribution in [0.5, 0.6) is 0 Å². The Balaban J connectivity index is 3.19. The lowest BCUT2D eigenvalue weighted by Crippen LogP contribution is -2.08. The Labute approximate surface area is 93.1 Å². The molecule has 0 aromatic heterocycles. The molecule has 0 saturated carbocycles. The highest BCUT2D eigenvalue weighted by atomic mass is 16.5. The summed E-state index contributed by atoms with van der Waals surface area (Å²) in [5.41, 5.74) is 0. The number of ether oxygens (including phenoxy) is 2. The van der Waals surface area contributed by atoms with Crippen LogP contribution in [0.15, 0.2) is 0 Å². The van der Waals surface area contributed by atoms with E-state index in [1.165, 1.54) is 0 Å². The molecule has 15 heavy (non-hydrogen) atoms. The fourth-order valence-electron chi connectivity index (χ4n) is 1.05. The van der Waals surface area contributed by atoms with E-state index in [4.69, 9.17) is 9.47 Å². The summed E-state index contributed by atoms with van der Waals surface area (Å²) in [7, 11) is 0. The highest BCUT2D eigenvalue weighted by Crippen LogP contribution is 2.01. The van der Waals surface area contributed by atoms with Crippen LogP contribution in [0.3, 0.4) is 0 Å². The van der Waals surface area contributed by atoms with Gasteiger partial charge in [-0.05, 0) is 25.2 Å². The fourth-order valence-corrected chi connectivity index (χ4v) is 1.05. The van der Waals surface area contributed by atoms with Crippen LogP contribution in [-0.2, 0) is 14.3 Å². The fraction of sp³-hybridized carbons (Fsp3) is 0.917. The third-order valence-corrected chi connectivity index (χ3v) is 1.98. The standard InChI is InChI=1S/C12H24O3/c1-4-8-14-9-5-6-12(13)15-10-7-11(2)3/h11H,4-10H2,1-3H3. The molecule has 0 N–H and O–H groups in total. The van der Waals surface area contributed by atoms with Gasteiger partial charge in [-0.3, -0.25) is 4.79 Å². The zero-order chi connectivity index (χ0) is 11.5. The maximum atomic E-state index is 11.2. The Morgan fingerprint density at radius 3 is 2.53 bits per heavy atom. The summed E-state index contributed by atoms with van der Waals surface area (Å²) in [4.78, 5) is 11.2. The summed E-state index contributed by atoms with van der Waals surface area (Å²) in [5.74, 6) is 0.487. The maximum absolute atomic E-state index is 11.2. The summed E-state index contributed by atoms with van der Waals surface area (Å²) in [5, 5.41) is 0. The van der Waals surface area contributed by atoms with Crippen molar-refractivity contribution in [3.05, 3.63) is 0 Å². The summed E-state index contributed by atoms with van der Waals surface area (Å²) in [6.07, 6.45) is 3.21. The van der Waals surface area contributed by atoms with Crippen molar-refractivity contribution in [3.63, 3.8) is 0 Å². The first kappa shape index (κ1) is 14.4. The van der Waals surface area contributed by atoms with Crippen LogP contribution in [0.1, 0.15) is 46.5 Å². The van der Waals surface area contributed by atoms with Crippen LogP contribution in [0.4, 0.5) is 0 Å². The molecule has 90 valence electrons. The van der Waals surface area contributed by atoms with Gasteiger partial charge in [0.15, 0.2) is 0 Å². The van der Waals surface area contributed by atoms with Crippen molar-refractivity contribution in [2.24, 2.45) is 5.92 Å². The SMILES string of the molecule is CCCOCCCC(=O)OCCC(C)C. The van der Waals surface area contributed by atoms with Gasteiger partial charge in [0.05, 0.1) is 6.61 Å². The molecule has 0 spiro atoms. The quantitative estimate of drug-likeness (QED) is 0.439. The predicted octanol–water partition coefficient (Wildman–Crippen LogP) is 2.78. The van der Waals surface area contributed by atoms with Crippen LogP contribution in [0.2, 0.25) is 0 Å². The van der Waals surface area contributed by atoms with Gasteiger partial charge in [0.25, 0.3) is 0 Å². The lowest BCUT2D eigenvalue weighted by molar-refractivity contribution is -0.144. The van der Waals surface area contributed by atoms with Gasteiger partial charge in [-0.25, -0.2) is 0 Å². The number of carbonyl (C=O) groups is 1. The molecule has 0 aromatic carbocycles. The van der Waals surface area contributed by atoms with Crippen LogP contribution in [0.25, 0.3) is 0 Å². The van der Waals surface area contributed by atoms with E-state index in [9.17, 15) is 4.79 Å². The molecule has 0 aromatic rings. The summed E-state index contributed by atoms with van der Waals surface area (Å²) >= 11 is 0. The number of rotatable bonds is 9. The van der Waals surface area contributed by atoms with Gasteiger partial charge in [0.1, 0.15) is 0 Å². The van der Waals surface area contributed by atoms with Crippen LogP contribution in [-0.4, -0.2) is 25.8 Å². The number of hydrogen-bond donors (Lipinski definition) is 0. The topological polar surface area (TPSA) is 35.5 Å². The van der Waals surface area contributed by atoms with Gasteiger partial charge < -0.3 is 9.47 Å². The normalized spacial score (nSPS) is 10.7. The molecule has 0 unspecified atom stereocenters. The predicted molar refractivity (Wildman–Crippen MR) is 60.8 cm³/mol. The van der Waals surface area contributed by atoms with E-state index in [-0.39, 0.29) is 5.97 Å². The van der Waals surface area contributed by atoms with Crippen molar-refractivity contribution in [2.45, 2.75) is 46.5 Å². The monoisotopic (exact) mass is 216 g/mol. The summed E-state index contributed by atoms with van der Waals surface area (Å²) < 4.78 is 10.3. The van der Waals surface area contributed by atoms with Gasteiger partial charge in [0.2, 0.25) is 0 Å². The molecule has 0 bridgehead atoms. The van der Waals surface area contributed by atoms with Crippen molar-refractivity contribution in [2.75, 3.05) is 19.8 Å². The Bertz CT molecular complexity index is 155. The molecule has 0 fully saturated rings. The lowest BCUT2D eigenvalue weighted by Gasteiger charge is -2.06. The van der Waals surface area contributed by atoms with Crippen LogP contribution in [0, 0.1) is 5.92 Å². The van der Waals surface area contributed by atoms with Gasteiger partial charge >= 0.3 is 5.97 Å². The molecule has 3 heteroatoms. The Morgan fingerprint density at radius 1 is 1.20 bits per heavy atom. The first-order chi connectivity index (χ1) is 7.16. The van der Waals surface area contributed by atoms with Crippen LogP contribution < -0.4 is 0 Å². The third-order valence-electron chi connectivity index (χ3n) is 1.98. The van der Waals surface area contributed by atoms with Crippen LogP contribution >= 0.6 is 0 Å². The molecule has 0 saturated heterocycles. The van der Waals surface area contributed by atoms with Gasteiger partial charge in [-0.15, -0.1) is 0 Å². The molecular formula is C12H24O3.